The minimum Gasteiger partial charge on any atom is -0.351 e. The molecule has 1 aliphatic heterocycles. The topological polar surface area (TPSA) is 118 Å². The van der Waals surface area contributed by atoms with E-state index < -0.39 is 10.0 Å². The Hall–Kier alpha value is -2.53. The van der Waals surface area contributed by atoms with Crippen LogP contribution in [0.4, 0.5) is 5.95 Å². The van der Waals surface area contributed by atoms with E-state index in [4.69, 9.17) is 0 Å². The zero-order valence-corrected chi connectivity index (χ0v) is 19.6. The van der Waals surface area contributed by atoms with E-state index in [9.17, 15) is 18.0 Å². The number of carbonyl (C=O) groups is 1. The molecule has 3 heterocycles. The number of piperidine rings is 1. The van der Waals surface area contributed by atoms with Gasteiger partial charge in [-0.15, -0.1) is 0 Å². The molecule has 11 heteroatoms. The van der Waals surface area contributed by atoms with Crippen LogP contribution in [0.25, 0.3) is 11.0 Å². The van der Waals surface area contributed by atoms with Crippen molar-refractivity contribution in [2.45, 2.75) is 50.6 Å². The molecule has 10 nitrogen and oxygen atoms in total. The monoisotopic (exact) mass is 462 g/mol. The zero-order valence-electron chi connectivity index (χ0n) is 18.7. The molecule has 2 aromatic rings. The average molecular weight is 463 g/mol. The van der Waals surface area contributed by atoms with E-state index in [0.717, 1.165) is 25.7 Å². The highest BCUT2D eigenvalue weighted by Crippen LogP contribution is 2.31. The first-order valence-corrected chi connectivity index (χ1v) is 12.9. The van der Waals surface area contributed by atoms with Crippen LogP contribution < -0.4 is 10.9 Å². The van der Waals surface area contributed by atoms with Gasteiger partial charge in [-0.1, -0.05) is 12.8 Å². The maximum atomic E-state index is 13.3. The van der Waals surface area contributed by atoms with Gasteiger partial charge >= 0.3 is 0 Å². The van der Waals surface area contributed by atoms with Crippen LogP contribution in [0.1, 0.15) is 54.9 Å². The van der Waals surface area contributed by atoms with Gasteiger partial charge < -0.3 is 10.2 Å². The molecule has 0 unspecified atom stereocenters. The number of carbonyl (C=O) groups excluding carboxylic acids is 1. The van der Waals surface area contributed by atoms with Crippen LogP contribution in [0.15, 0.2) is 17.1 Å². The number of anilines is 1. The first-order valence-electron chi connectivity index (χ1n) is 11.0. The summed E-state index contributed by atoms with van der Waals surface area (Å²) in [5, 5.41) is 3.96. The van der Waals surface area contributed by atoms with E-state index in [-0.39, 0.29) is 29.1 Å². The Kier molecular flexibility index (Phi) is 6.22. The summed E-state index contributed by atoms with van der Waals surface area (Å²) in [6.07, 6.45) is 8.02. The number of hydrogen-bond donors (Lipinski definition) is 1. The predicted octanol–water partition coefficient (Wildman–Crippen LogP) is 1.44. The highest BCUT2D eigenvalue weighted by molar-refractivity contribution is 7.88. The van der Waals surface area contributed by atoms with Crippen molar-refractivity contribution in [1.29, 1.82) is 0 Å². The maximum absolute atomic E-state index is 13.3. The van der Waals surface area contributed by atoms with Crippen molar-refractivity contribution >= 4 is 32.9 Å². The number of pyridine rings is 1. The Labute approximate surface area is 187 Å². The van der Waals surface area contributed by atoms with E-state index in [1.165, 1.54) is 15.5 Å². The van der Waals surface area contributed by atoms with Crippen molar-refractivity contribution in [2.75, 3.05) is 38.8 Å². The second kappa shape index (κ2) is 8.78. The van der Waals surface area contributed by atoms with E-state index in [2.05, 4.69) is 15.3 Å². The molecule has 4 rings (SSSR count). The third kappa shape index (κ3) is 4.49. The Balaban J connectivity index is 1.67. The van der Waals surface area contributed by atoms with Gasteiger partial charge in [0.2, 0.25) is 16.0 Å². The summed E-state index contributed by atoms with van der Waals surface area (Å²) in [4.78, 5) is 36.4. The van der Waals surface area contributed by atoms with Gasteiger partial charge in [-0.05, 0) is 31.7 Å². The fourth-order valence-corrected chi connectivity index (χ4v) is 5.47. The van der Waals surface area contributed by atoms with Gasteiger partial charge in [0.1, 0.15) is 11.2 Å². The Bertz CT molecular complexity index is 1180. The van der Waals surface area contributed by atoms with Crippen molar-refractivity contribution in [3.63, 3.8) is 0 Å². The minimum atomic E-state index is -3.18. The number of hydrogen-bond acceptors (Lipinski definition) is 7. The normalized spacial score (nSPS) is 18.8. The lowest BCUT2D eigenvalue weighted by molar-refractivity contribution is 0.0825. The fourth-order valence-electron chi connectivity index (χ4n) is 4.60. The van der Waals surface area contributed by atoms with Crippen molar-refractivity contribution in [2.24, 2.45) is 0 Å². The quantitative estimate of drug-likeness (QED) is 0.714. The van der Waals surface area contributed by atoms with Crippen LogP contribution in [0.2, 0.25) is 0 Å². The van der Waals surface area contributed by atoms with Crippen molar-refractivity contribution in [3.05, 3.63) is 28.2 Å². The molecule has 0 atom stereocenters. The number of fused-ring (bicyclic) bond motifs is 1. The highest BCUT2D eigenvalue weighted by Gasteiger charge is 2.27. The second-order valence-corrected chi connectivity index (χ2v) is 10.9. The van der Waals surface area contributed by atoms with Gasteiger partial charge in [0, 0.05) is 50.9 Å². The number of nitrogens with one attached hydrogen (secondary N) is 1. The molecule has 1 aliphatic carbocycles. The summed E-state index contributed by atoms with van der Waals surface area (Å²) in [5.41, 5.74) is 0.351. The SMILES string of the molecule is CN(C)C(=O)c1cc2cnc(NC3CCN(S(C)(=O)=O)CC3)nc2n(C2CCCC2)c1=O. The molecular formula is C21H30N6O4S. The zero-order chi connectivity index (χ0) is 23.0. The molecular weight excluding hydrogens is 432 g/mol. The summed E-state index contributed by atoms with van der Waals surface area (Å²) < 4.78 is 26.6. The highest BCUT2D eigenvalue weighted by atomic mass is 32.2. The predicted molar refractivity (Wildman–Crippen MR) is 122 cm³/mol. The van der Waals surface area contributed by atoms with Crippen molar-refractivity contribution in [1.82, 2.24) is 23.7 Å². The molecule has 0 spiro atoms. The summed E-state index contributed by atoms with van der Waals surface area (Å²) in [7, 11) is 0.0760. The molecule has 0 radical (unpaired) electrons. The summed E-state index contributed by atoms with van der Waals surface area (Å²) in [6.45, 7) is 0.903. The van der Waals surface area contributed by atoms with Crippen LogP contribution in [0, 0.1) is 0 Å². The summed E-state index contributed by atoms with van der Waals surface area (Å²) >= 11 is 0. The van der Waals surface area contributed by atoms with Gasteiger partial charge in [-0.2, -0.15) is 4.98 Å². The Morgan fingerprint density at radius 1 is 1.16 bits per heavy atom. The van der Waals surface area contributed by atoms with Crippen LogP contribution in [-0.4, -0.2) is 77.5 Å². The van der Waals surface area contributed by atoms with E-state index in [0.29, 0.717) is 42.9 Å². The Morgan fingerprint density at radius 2 is 1.81 bits per heavy atom. The largest absolute Gasteiger partial charge is 0.351 e. The van der Waals surface area contributed by atoms with Crippen LogP contribution in [0.5, 0.6) is 0 Å². The van der Waals surface area contributed by atoms with Gasteiger partial charge in [-0.3, -0.25) is 14.2 Å². The molecule has 174 valence electrons. The average Bonchev–Trinajstić information content (AvgIpc) is 3.27. The van der Waals surface area contributed by atoms with Gasteiger partial charge in [0.15, 0.2) is 0 Å². The van der Waals surface area contributed by atoms with Crippen LogP contribution >= 0.6 is 0 Å². The molecule has 1 saturated carbocycles. The number of aromatic nitrogens is 3. The number of amides is 1. The van der Waals surface area contributed by atoms with E-state index >= 15 is 0 Å². The molecule has 0 aromatic carbocycles. The van der Waals surface area contributed by atoms with Gasteiger partial charge in [0.25, 0.3) is 11.5 Å². The third-order valence-corrected chi connectivity index (χ3v) is 7.66. The second-order valence-electron chi connectivity index (χ2n) is 8.92. The third-order valence-electron chi connectivity index (χ3n) is 6.36. The van der Waals surface area contributed by atoms with Gasteiger partial charge in [-0.25, -0.2) is 17.7 Å². The first-order chi connectivity index (χ1) is 15.1. The van der Waals surface area contributed by atoms with Gasteiger partial charge in [0.05, 0.1) is 6.26 Å². The summed E-state index contributed by atoms with van der Waals surface area (Å²) in [6, 6.07) is 1.65. The summed E-state index contributed by atoms with van der Waals surface area (Å²) in [5.74, 6) is 0.0802. The van der Waals surface area contributed by atoms with Crippen LogP contribution in [-0.2, 0) is 10.0 Å². The number of sulfonamides is 1. The first kappa shape index (κ1) is 22.7. The smallest absolute Gasteiger partial charge is 0.265 e. The molecule has 2 fully saturated rings. The molecule has 1 N–H and O–H groups in total. The molecule has 1 amide bonds. The number of rotatable bonds is 5. The maximum Gasteiger partial charge on any atom is 0.265 e. The van der Waals surface area contributed by atoms with Crippen molar-refractivity contribution in [3.8, 4) is 0 Å². The standard InChI is InChI=1S/C21H30N6O4S/c1-25(2)19(28)17-12-14-13-22-21(23-15-8-10-26(11-9-15)32(3,30)31)24-18(14)27(20(17)29)16-6-4-5-7-16/h12-13,15-16H,4-11H2,1-3H3,(H,22,23,24). The van der Waals surface area contributed by atoms with E-state index in [1.54, 1.807) is 30.9 Å². The molecule has 1 saturated heterocycles. The lowest BCUT2D eigenvalue weighted by atomic mass is 10.1. The number of nitrogens with zero attached hydrogens (tertiary/aromatic N) is 5. The molecule has 0 bridgehead atoms. The lowest BCUT2D eigenvalue weighted by Gasteiger charge is -2.30. The van der Waals surface area contributed by atoms with E-state index in [1.807, 2.05) is 0 Å². The lowest BCUT2D eigenvalue weighted by Crippen LogP contribution is -2.42. The van der Waals surface area contributed by atoms with Crippen molar-refractivity contribution < 1.29 is 13.2 Å². The Morgan fingerprint density at radius 3 is 2.41 bits per heavy atom. The fraction of sp³-hybridized carbons (Fsp3) is 0.619. The van der Waals surface area contributed by atoms with Crippen LogP contribution in [0.3, 0.4) is 0 Å². The minimum absolute atomic E-state index is 0.0145. The molecule has 2 aliphatic rings. The molecule has 32 heavy (non-hydrogen) atoms. The molecule has 2 aromatic heterocycles.